The van der Waals surface area contributed by atoms with Gasteiger partial charge in [-0.2, -0.15) is 0 Å². The molecule has 0 fully saturated rings. The van der Waals surface area contributed by atoms with E-state index in [-0.39, 0.29) is 6.61 Å². The van der Waals surface area contributed by atoms with Gasteiger partial charge in [0.25, 0.3) is 0 Å². The van der Waals surface area contributed by atoms with Crippen LogP contribution in [0.3, 0.4) is 0 Å². The van der Waals surface area contributed by atoms with Gasteiger partial charge in [0, 0.05) is 0 Å². The first-order valence-electron chi connectivity index (χ1n) is 25.0. The molecule has 0 saturated carbocycles. The Bertz CT molecular complexity index is 773. The Labute approximate surface area is 344 Å². The highest BCUT2D eigenvalue weighted by atomic mass is 16.3. The Kier molecular flexibility index (Phi) is 45.0. The van der Waals surface area contributed by atoms with Crippen LogP contribution in [0.4, 0.5) is 0 Å². The molecule has 0 radical (unpaired) electrons. The highest BCUT2D eigenvalue weighted by molar-refractivity contribution is 5.80. The van der Waals surface area contributed by atoms with Crippen molar-refractivity contribution in [3.63, 3.8) is 0 Å². The minimum atomic E-state index is -1.09. The number of hydrogen-bond donors (Lipinski definition) is 4. The number of aliphatic hydroxyl groups is 3. The van der Waals surface area contributed by atoms with Crippen LogP contribution in [-0.4, -0.2) is 46.1 Å². The summed E-state index contributed by atoms with van der Waals surface area (Å²) in [5, 5.41) is 33.2. The number of nitrogens with one attached hydrogen (secondary N) is 1. The molecule has 3 unspecified atom stereocenters. The van der Waals surface area contributed by atoms with Crippen molar-refractivity contribution in [1.29, 1.82) is 0 Å². The second kappa shape index (κ2) is 45.8. The van der Waals surface area contributed by atoms with Crippen LogP contribution in [0.15, 0.2) is 12.2 Å². The van der Waals surface area contributed by atoms with E-state index in [9.17, 15) is 20.1 Å². The molecule has 0 saturated heterocycles. The van der Waals surface area contributed by atoms with E-state index < -0.39 is 24.2 Å². The van der Waals surface area contributed by atoms with Gasteiger partial charge < -0.3 is 20.6 Å². The molecule has 0 spiro atoms. The van der Waals surface area contributed by atoms with Crippen molar-refractivity contribution in [2.75, 3.05) is 6.61 Å². The summed E-state index contributed by atoms with van der Waals surface area (Å²) in [5.41, 5.74) is 0. The molecule has 0 aliphatic carbocycles. The van der Waals surface area contributed by atoms with Gasteiger partial charge in [-0.3, -0.25) is 4.79 Å². The quantitative estimate of drug-likeness (QED) is 0.0366. The van der Waals surface area contributed by atoms with Gasteiger partial charge in [0.05, 0.1) is 18.8 Å². The summed E-state index contributed by atoms with van der Waals surface area (Å²) >= 11 is 0. The number of carbonyl (C=O) groups excluding carboxylic acids is 1. The second-order valence-corrected chi connectivity index (χ2v) is 17.4. The standard InChI is InChI=1S/C50H99NO4/c1-3-5-7-9-11-13-15-17-19-21-22-23-24-25-26-27-28-29-31-33-35-37-39-41-43-45-49(54)50(55)51-47(46-52)48(53)44-42-40-38-36-34-32-30-20-18-16-14-12-10-8-6-4-2/h42,44,47-49,52-54H,3-41,43,45-46H2,1-2H3,(H,51,55)/b44-42+. The second-order valence-electron chi connectivity index (χ2n) is 17.4. The van der Waals surface area contributed by atoms with E-state index in [0.29, 0.717) is 6.42 Å². The first-order valence-corrected chi connectivity index (χ1v) is 25.0. The molecule has 0 rings (SSSR count). The first-order chi connectivity index (χ1) is 27.1. The lowest BCUT2D eigenvalue weighted by molar-refractivity contribution is -0.131. The lowest BCUT2D eigenvalue weighted by Gasteiger charge is -2.21. The molecule has 0 aromatic carbocycles. The summed E-state index contributed by atoms with van der Waals surface area (Å²) in [4.78, 5) is 12.5. The summed E-state index contributed by atoms with van der Waals surface area (Å²) in [7, 11) is 0. The Morgan fingerprint density at radius 1 is 0.436 bits per heavy atom. The van der Waals surface area contributed by atoms with Gasteiger partial charge in [-0.1, -0.05) is 270 Å². The molecular formula is C50H99NO4. The number of aliphatic hydroxyl groups excluding tert-OH is 3. The maximum absolute atomic E-state index is 12.5. The number of unbranched alkanes of at least 4 members (excludes halogenated alkanes) is 38. The van der Waals surface area contributed by atoms with E-state index in [1.54, 1.807) is 6.08 Å². The monoisotopic (exact) mass is 778 g/mol. The van der Waals surface area contributed by atoms with Crippen molar-refractivity contribution >= 4 is 5.91 Å². The fraction of sp³-hybridized carbons (Fsp3) is 0.940. The van der Waals surface area contributed by atoms with Crippen LogP contribution in [0.25, 0.3) is 0 Å². The predicted octanol–water partition coefficient (Wildman–Crippen LogP) is 14.8. The lowest BCUT2D eigenvalue weighted by atomic mass is 10.0. The van der Waals surface area contributed by atoms with Crippen molar-refractivity contribution in [2.24, 2.45) is 0 Å². The Morgan fingerprint density at radius 3 is 1.00 bits per heavy atom. The molecule has 0 aliphatic heterocycles. The summed E-state index contributed by atoms with van der Waals surface area (Å²) in [6.45, 7) is 4.21. The molecular weight excluding hydrogens is 679 g/mol. The summed E-state index contributed by atoms with van der Waals surface area (Å²) in [6, 6.07) is -0.793. The third kappa shape index (κ3) is 41.1. The highest BCUT2D eigenvalue weighted by Crippen LogP contribution is 2.17. The van der Waals surface area contributed by atoms with Crippen LogP contribution in [0.2, 0.25) is 0 Å². The maximum Gasteiger partial charge on any atom is 0.249 e. The van der Waals surface area contributed by atoms with Crippen molar-refractivity contribution in [1.82, 2.24) is 5.32 Å². The molecule has 55 heavy (non-hydrogen) atoms. The van der Waals surface area contributed by atoms with E-state index >= 15 is 0 Å². The predicted molar refractivity (Wildman–Crippen MR) is 241 cm³/mol. The molecule has 0 aromatic rings. The SMILES string of the molecule is CCCCCCCCCCCCCCCC/C=C/C(O)C(CO)NC(=O)C(O)CCCCCCCCCCCCCCCCCCCCCCCCCCC. The van der Waals surface area contributed by atoms with E-state index in [1.165, 1.54) is 225 Å². The van der Waals surface area contributed by atoms with Crippen molar-refractivity contribution in [3.8, 4) is 0 Å². The van der Waals surface area contributed by atoms with Crippen molar-refractivity contribution in [3.05, 3.63) is 12.2 Å². The van der Waals surface area contributed by atoms with Crippen molar-refractivity contribution < 1.29 is 20.1 Å². The average molecular weight is 778 g/mol. The molecule has 0 bridgehead atoms. The fourth-order valence-corrected chi connectivity index (χ4v) is 7.95. The summed E-state index contributed by atoms with van der Waals surface area (Å²) in [5.74, 6) is -0.497. The minimum absolute atomic E-state index is 0.359. The lowest BCUT2D eigenvalue weighted by Crippen LogP contribution is -2.48. The normalized spacial score (nSPS) is 13.5. The summed E-state index contributed by atoms with van der Waals surface area (Å²) in [6.07, 6.45) is 55.5. The molecule has 0 aromatic heterocycles. The maximum atomic E-state index is 12.5. The van der Waals surface area contributed by atoms with E-state index in [0.717, 1.165) is 32.1 Å². The number of rotatable bonds is 46. The molecule has 5 heteroatoms. The number of amides is 1. The Balaban J connectivity index is 3.56. The minimum Gasteiger partial charge on any atom is -0.394 e. The fourth-order valence-electron chi connectivity index (χ4n) is 7.95. The third-order valence-electron chi connectivity index (χ3n) is 11.9. The summed E-state index contributed by atoms with van der Waals surface area (Å²) < 4.78 is 0. The van der Waals surface area contributed by atoms with Crippen LogP contribution in [-0.2, 0) is 4.79 Å². The van der Waals surface area contributed by atoms with Gasteiger partial charge in [0.2, 0.25) is 5.91 Å². The van der Waals surface area contributed by atoms with Crippen molar-refractivity contribution in [2.45, 2.75) is 295 Å². The zero-order valence-electron chi connectivity index (χ0n) is 37.3. The molecule has 0 heterocycles. The molecule has 328 valence electrons. The largest absolute Gasteiger partial charge is 0.394 e. The average Bonchev–Trinajstić information content (AvgIpc) is 3.19. The van der Waals surface area contributed by atoms with Crippen LogP contribution < -0.4 is 5.32 Å². The number of hydrogen-bond acceptors (Lipinski definition) is 4. The Hall–Kier alpha value is -0.910. The van der Waals surface area contributed by atoms with Crippen LogP contribution >= 0.6 is 0 Å². The van der Waals surface area contributed by atoms with Crippen LogP contribution in [0, 0.1) is 0 Å². The van der Waals surface area contributed by atoms with Gasteiger partial charge in [-0.15, -0.1) is 0 Å². The molecule has 0 aliphatic rings. The van der Waals surface area contributed by atoms with Crippen LogP contribution in [0.1, 0.15) is 277 Å². The van der Waals surface area contributed by atoms with Gasteiger partial charge >= 0.3 is 0 Å². The van der Waals surface area contributed by atoms with Gasteiger partial charge in [-0.25, -0.2) is 0 Å². The molecule has 3 atom stereocenters. The zero-order valence-corrected chi connectivity index (χ0v) is 37.3. The van der Waals surface area contributed by atoms with E-state index in [2.05, 4.69) is 19.2 Å². The van der Waals surface area contributed by atoms with E-state index in [4.69, 9.17) is 0 Å². The van der Waals surface area contributed by atoms with Gasteiger partial charge in [0.1, 0.15) is 6.10 Å². The first kappa shape index (κ1) is 54.1. The van der Waals surface area contributed by atoms with Gasteiger partial charge in [0.15, 0.2) is 0 Å². The molecule has 1 amide bonds. The number of carbonyl (C=O) groups is 1. The molecule has 5 nitrogen and oxygen atoms in total. The smallest absolute Gasteiger partial charge is 0.249 e. The zero-order chi connectivity index (χ0) is 40.1. The topological polar surface area (TPSA) is 89.8 Å². The Morgan fingerprint density at radius 2 is 0.709 bits per heavy atom. The van der Waals surface area contributed by atoms with Crippen LogP contribution in [0.5, 0.6) is 0 Å². The molecule has 4 N–H and O–H groups in total. The number of allylic oxidation sites excluding steroid dienone is 1. The highest BCUT2D eigenvalue weighted by Gasteiger charge is 2.22. The van der Waals surface area contributed by atoms with E-state index in [1.807, 2.05) is 6.08 Å². The third-order valence-corrected chi connectivity index (χ3v) is 11.9. The van der Waals surface area contributed by atoms with Gasteiger partial charge in [-0.05, 0) is 19.3 Å².